The smallest absolute Gasteiger partial charge is 0.106 e. The molecule has 0 fully saturated rings. The van der Waals surface area contributed by atoms with E-state index in [2.05, 4.69) is 4.99 Å². The summed E-state index contributed by atoms with van der Waals surface area (Å²) in [5, 5.41) is 1.53. The first kappa shape index (κ1) is 7.12. The summed E-state index contributed by atoms with van der Waals surface area (Å²) < 4.78 is 0. The predicted octanol–water partition coefficient (Wildman–Crippen LogP) is 0.618. The summed E-state index contributed by atoms with van der Waals surface area (Å²) in [6.45, 7) is 0.671. The molecule has 1 aromatic carbocycles. The largest absolute Gasteiger partial charge is 0.397 e. The van der Waals surface area contributed by atoms with Crippen LogP contribution in [0.2, 0.25) is 0 Å². The Morgan fingerprint density at radius 3 is 3.08 bits per heavy atom. The Morgan fingerprint density at radius 1 is 1.42 bits per heavy atom. The fourth-order valence-electron chi connectivity index (χ4n) is 1.27. The standard InChI is InChI=1S/C8H10N4/c9-7-3-1-2-6-4-12(10)5-11-8(6)7/h1-3,5H,4,9-10H2. The summed E-state index contributed by atoms with van der Waals surface area (Å²) in [4.78, 5) is 4.12. The minimum Gasteiger partial charge on any atom is -0.397 e. The van der Waals surface area contributed by atoms with Gasteiger partial charge in [-0.25, -0.2) is 10.8 Å². The van der Waals surface area contributed by atoms with Gasteiger partial charge in [0, 0.05) is 5.56 Å². The summed E-state index contributed by atoms with van der Waals surface area (Å²) in [6, 6.07) is 5.72. The third-order valence-corrected chi connectivity index (χ3v) is 1.84. The molecule has 0 unspecified atom stereocenters. The topological polar surface area (TPSA) is 67.6 Å². The third-order valence-electron chi connectivity index (χ3n) is 1.84. The van der Waals surface area contributed by atoms with Gasteiger partial charge in [0.2, 0.25) is 0 Å². The minimum atomic E-state index is 0.671. The van der Waals surface area contributed by atoms with Gasteiger partial charge in [-0.15, -0.1) is 0 Å². The van der Waals surface area contributed by atoms with Crippen LogP contribution in [0.25, 0.3) is 0 Å². The maximum absolute atomic E-state index is 5.71. The molecule has 0 saturated carbocycles. The maximum atomic E-state index is 5.71. The van der Waals surface area contributed by atoms with E-state index in [4.69, 9.17) is 11.6 Å². The SMILES string of the molecule is Nc1cccc2c1N=CN(N)C2. The van der Waals surface area contributed by atoms with E-state index in [1.807, 2.05) is 18.2 Å². The Morgan fingerprint density at radius 2 is 2.25 bits per heavy atom. The molecular weight excluding hydrogens is 152 g/mol. The van der Waals surface area contributed by atoms with Crippen molar-refractivity contribution < 1.29 is 0 Å². The van der Waals surface area contributed by atoms with Gasteiger partial charge in [0.05, 0.1) is 17.9 Å². The zero-order valence-corrected chi connectivity index (χ0v) is 6.57. The van der Waals surface area contributed by atoms with Crippen LogP contribution in [0, 0.1) is 0 Å². The minimum absolute atomic E-state index is 0.671. The fourth-order valence-corrected chi connectivity index (χ4v) is 1.27. The van der Waals surface area contributed by atoms with Crippen molar-refractivity contribution in [2.75, 3.05) is 5.73 Å². The van der Waals surface area contributed by atoms with Crippen LogP contribution in [0.5, 0.6) is 0 Å². The predicted molar refractivity (Wildman–Crippen MR) is 48.7 cm³/mol. The quantitative estimate of drug-likeness (QED) is 0.434. The monoisotopic (exact) mass is 162 g/mol. The van der Waals surface area contributed by atoms with Gasteiger partial charge in [0.15, 0.2) is 0 Å². The van der Waals surface area contributed by atoms with Crippen LogP contribution in [0.3, 0.4) is 0 Å². The highest BCUT2D eigenvalue weighted by atomic mass is 15.4. The highest BCUT2D eigenvalue weighted by Crippen LogP contribution is 2.28. The maximum Gasteiger partial charge on any atom is 0.106 e. The Labute approximate surface area is 70.5 Å². The number of nitrogens with two attached hydrogens (primary N) is 2. The zero-order chi connectivity index (χ0) is 8.55. The molecule has 1 heterocycles. The number of nitrogens with zero attached hydrogens (tertiary/aromatic N) is 2. The van der Waals surface area contributed by atoms with Crippen LogP contribution in [0.15, 0.2) is 23.2 Å². The molecule has 0 bridgehead atoms. The Kier molecular flexibility index (Phi) is 1.48. The van der Waals surface area contributed by atoms with Gasteiger partial charge in [-0.1, -0.05) is 12.1 Å². The molecule has 0 aliphatic carbocycles. The van der Waals surface area contributed by atoms with E-state index in [1.54, 1.807) is 6.34 Å². The molecule has 0 amide bonds. The second-order valence-corrected chi connectivity index (χ2v) is 2.77. The number of nitrogen functional groups attached to an aromatic ring is 1. The number of benzene rings is 1. The lowest BCUT2D eigenvalue weighted by atomic mass is 10.1. The van der Waals surface area contributed by atoms with Crippen molar-refractivity contribution in [2.45, 2.75) is 6.54 Å². The molecule has 1 aliphatic rings. The Bertz CT molecular complexity index is 332. The van der Waals surface area contributed by atoms with Crippen molar-refractivity contribution >= 4 is 17.7 Å². The van der Waals surface area contributed by atoms with Gasteiger partial charge in [-0.3, -0.25) is 5.01 Å². The first-order valence-corrected chi connectivity index (χ1v) is 3.70. The number of anilines is 1. The number of hydrogen-bond donors (Lipinski definition) is 2. The molecule has 62 valence electrons. The van der Waals surface area contributed by atoms with Crippen molar-refractivity contribution in [2.24, 2.45) is 10.8 Å². The highest BCUT2D eigenvalue weighted by molar-refractivity contribution is 5.75. The Balaban J connectivity index is 2.53. The van der Waals surface area contributed by atoms with Crippen LogP contribution >= 0.6 is 0 Å². The van der Waals surface area contributed by atoms with Crippen LogP contribution in [0.1, 0.15) is 5.56 Å². The molecule has 0 aromatic heterocycles. The van der Waals surface area contributed by atoms with Crippen molar-refractivity contribution in [3.05, 3.63) is 23.8 Å². The molecule has 1 aromatic rings. The van der Waals surface area contributed by atoms with Gasteiger partial charge in [0.1, 0.15) is 6.34 Å². The van der Waals surface area contributed by atoms with Crippen molar-refractivity contribution in [1.29, 1.82) is 0 Å². The van der Waals surface area contributed by atoms with E-state index in [-0.39, 0.29) is 0 Å². The average Bonchev–Trinajstić information content (AvgIpc) is 2.04. The molecule has 2 rings (SSSR count). The summed E-state index contributed by atoms with van der Waals surface area (Å²) in [5.41, 5.74) is 8.34. The third kappa shape index (κ3) is 1.02. The van der Waals surface area contributed by atoms with E-state index in [0.717, 1.165) is 11.3 Å². The summed E-state index contributed by atoms with van der Waals surface area (Å²) in [5.74, 6) is 5.54. The molecule has 0 radical (unpaired) electrons. The first-order valence-electron chi connectivity index (χ1n) is 3.70. The van der Waals surface area contributed by atoms with E-state index in [0.29, 0.717) is 12.2 Å². The van der Waals surface area contributed by atoms with E-state index in [1.165, 1.54) is 5.01 Å². The van der Waals surface area contributed by atoms with Gasteiger partial charge in [-0.2, -0.15) is 0 Å². The molecule has 0 atom stereocenters. The molecular formula is C8H10N4. The lowest BCUT2D eigenvalue weighted by molar-refractivity contribution is 0.442. The zero-order valence-electron chi connectivity index (χ0n) is 6.57. The second-order valence-electron chi connectivity index (χ2n) is 2.77. The molecule has 1 aliphatic heterocycles. The number of fused-ring (bicyclic) bond motifs is 1. The van der Waals surface area contributed by atoms with Gasteiger partial charge in [0.25, 0.3) is 0 Å². The number of rotatable bonds is 0. The number of aliphatic imine (C=N–C) groups is 1. The van der Waals surface area contributed by atoms with Crippen LogP contribution < -0.4 is 11.6 Å². The normalized spacial score (nSPS) is 14.6. The average molecular weight is 162 g/mol. The van der Waals surface area contributed by atoms with Crippen LogP contribution in [-0.4, -0.2) is 11.3 Å². The molecule has 4 nitrogen and oxygen atoms in total. The highest BCUT2D eigenvalue weighted by Gasteiger charge is 2.10. The number of hydrazine groups is 1. The summed E-state index contributed by atoms with van der Waals surface area (Å²) in [7, 11) is 0. The second kappa shape index (κ2) is 2.49. The lowest BCUT2D eigenvalue weighted by Gasteiger charge is -2.19. The van der Waals surface area contributed by atoms with E-state index < -0.39 is 0 Å². The Hall–Kier alpha value is -1.55. The first-order chi connectivity index (χ1) is 5.77. The lowest BCUT2D eigenvalue weighted by Crippen LogP contribution is -2.30. The molecule has 0 spiro atoms. The summed E-state index contributed by atoms with van der Waals surface area (Å²) >= 11 is 0. The summed E-state index contributed by atoms with van der Waals surface area (Å²) in [6.07, 6.45) is 1.58. The van der Waals surface area contributed by atoms with E-state index >= 15 is 0 Å². The van der Waals surface area contributed by atoms with E-state index in [9.17, 15) is 0 Å². The molecule has 12 heavy (non-hydrogen) atoms. The van der Waals surface area contributed by atoms with Crippen LogP contribution in [0.4, 0.5) is 11.4 Å². The molecule has 4 heteroatoms. The van der Waals surface area contributed by atoms with Gasteiger partial charge < -0.3 is 5.73 Å². The van der Waals surface area contributed by atoms with Gasteiger partial charge >= 0.3 is 0 Å². The van der Waals surface area contributed by atoms with Crippen molar-refractivity contribution in [3.8, 4) is 0 Å². The fraction of sp³-hybridized carbons (Fsp3) is 0.125. The molecule has 4 N–H and O–H groups in total. The van der Waals surface area contributed by atoms with Crippen molar-refractivity contribution in [1.82, 2.24) is 5.01 Å². The van der Waals surface area contributed by atoms with Crippen LogP contribution in [-0.2, 0) is 6.54 Å². The van der Waals surface area contributed by atoms with Gasteiger partial charge in [-0.05, 0) is 6.07 Å². The number of para-hydroxylation sites is 1. The molecule has 0 saturated heterocycles. The van der Waals surface area contributed by atoms with Crippen molar-refractivity contribution in [3.63, 3.8) is 0 Å². The number of hydrogen-bond acceptors (Lipinski definition) is 4.